The van der Waals surface area contributed by atoms with Crippen molar-refractivity contribution in [3.63, 3.8) is 0 Å². The lowest BCUT2D eigenvalue weighted by Gasteiger charge is -2.13. The zero-order chi connectivity index (χ0) is 22.1. The van der Waals surface area contributed by atoms with Gasteiger partial charge >= 0.3 is 0 Å². The molecule has 0 spiro atoms. The SMILES string of the molecule is Cc1nc(SCC(=O)c2c[nH]c(C(=O)N3CCCC3)c2)c2cc(-c3ccccc3)sc2n1. The number of thioether (sulfide) groups is 1. The quantitative estimate of drug-likeness (QED) is 0.242. The van der Waals surface area contributed by atoms with E-state index in [4.69, 9.17) is 0 Å². The van der Waals surface area contributed by atoms with Crippen LogP contribution in [0.15, 0.2) is 53.7 Å². The molecular weight excluding hydrogens is 440 g/mol. The molecule has 1 fully saturated rings. The number of thiophene rings is 1. The molecule has 1 aliphatic heterocycles. The van der Waals surface area contributed by atoms with Crippen molar-refractivity contribution in [3.05, 3.63) is 65.7 Å². The second-order valence-electron chi connectivity index (χ2n) is 7.78. The molecule has 1 amide bonds. The lowest BCUT2D eigenvalue weighted by Crippen LogP contribution is -2.27. The van der Waals surface area contributed by atoms with Crippen LogP contribution < -0.4 is 0 Å². The number of H-pyrrole nitrogens is 1. The van der Waals surface area contributed by atoms with Crippen LogP contribution in [0.1, 0.15) is 39.5 Å². The molecule has 8 heteroatoms. The highest BCUT2D eigenvalue weighted by atomic mass is 32.2. The van der Waals surface area contributed by atoms with E-state index in [1.54, 1.807) is 23.6 Å². The van der Waals surface area contributed by atoms with Crippen LogP contribution >= 0.6 is 23.1 Å². The number of fused-ring (bicyclic) bond motifs is 1. The van der Waals surface area contributed by atoms with Gasteiger partial charge in [0.25, 0.3) is 5.91 Å². The lowest BCUT2D eigenvalue weighted by atomic mass is 10.2. The van der Waals surface area contributed by atoms with E-state index in [9.17, 15) is 9.59 Å². The normalized spacial score (nSPS) is 13.7. The summed E-state index contributed by atoms with van der Waals surface area (Å²) in [4.78, 5) is 41.4. The van der Waals surface area contributed by atoms with Gasteiger partial charge in [0, 0.05) is 35.1 Å². The fraction of sp³-hybridized carbons (Fsp3) is 0.250. The van der Waals surface area contributed by atoms with Crippen LogP contribution in [-0.4, -0.2) is 50.4 Å². The monoisotopic (exact) mass is 462 g/mol. The van der Waals surface area contributed by atoms with Gasteiger partial charge in [-0.2, -0.15) is 0 Å². The number of benzene rings is 1. The molecule has 6 nitrogen and oxygen atoms in total. The van der Waals surface area contributed by atoms with Crippen molar-refractivity contribution in [1.82, 2.24) is 19.9 Å². The van der Waals surface area contributed by atoms with Crippen LogP contribution in [0, 0.1) is 6.92 Å². The molecule has 5 rings (SSSR count). The second-order valence-corrected chi connectivity index (χ2v) is 9.78. The van der Waals surface area contributed by atoms with E-state index < -0.39 is 0 Å². The Morgan fingerprint density at radius 1 is 1.12 bits per heavy atom. The molecule has 0 radical (unpaired) electrons. The fourth-order valence-electron chi connectivity index (χ4n) is 3.84. The van der Waals surface area contributed by atoms with Crippen LogP contribution in [0.5, 0.6) is 0 Å². The van der Waals surface area contributed by atoms with Gasteiger partial charge < -0.3 is 9.88 Å². The number of amides is 1. The minimum absolute atomic E-state index is 0.0327. The highest BCUT2D eigenvalue weighted by molar-refractivity contribution is 8.00. The van der Waals surface area contributed by atoms with Gasteiger partial charge in [0.2, 0.25) is 0 Å². The van der Waals surface area contributed by atoms with Crippen molar-refractivity contribution in [3.8, 4) is 10.4 Å². The van der Waals surface area contributed by atoms with E-state index in [0.717, 1.165) is 51.6 Å². The molecule has 4 heterocycles. The molecule has 0 atom stereocenters. The Morgan fingerprint density at radius 2 is 1.91 bits per heavy atom. The number of aromatic nitrogens is 3. The average molecular weight is 463 g/mol. The van der Waals surface area contributed by atoms with Gasteiger partial charge in [0.05, 0.1) is 5.75 Å². The van der Waals surface area contributed by atoms with Gasteiger partial charge in [0.1, 0.15) is 21.4 Å². The zero-order valence-electron chi connectivity index (χ0n) is 17.6. The summed E-state index contributed by atoms with van der Waals surface area (Å²) in [6.45, 7) is 3.44. The van der Waals surface area contributed by atoms with E-state index in [-0.39, 0.29) is 17.4 Å². The number of Topliss-reactive ketones (excluding diaryl/α,β-unsaturated/α-hetero) is 1. The van der Waals surface area contributed by atoms with Gasteiger partial charge in [-0.3, -0.25) is 9.59 Å². The predicted molar refractivity (Wildman–Crippen MR) is 129 cm³/mol. The first-order chi connectivity index (χ1) is 15.6. The van der Waals surface area contributed by atoms with Gasteiger partial charge in [-0.25, -0.2) is 9.97 Å². The Bertz CT molecular complexity index is 1290. The van der Waals surface area contributed by atoms with Crippen LogP contribution in [0.3, 0.4) is 0 Å². The number of rotatable bonds is 6. The standard InChI is InChI=1S/C24H22N4O2S2/c1-15-26-22(18-12-21(32-23(18)27-15)16-7-3-2-4-8-16)31-14-20(29)17-11-19(25-13-17)24(30)28-9-5-6-10-28/h2-4,7-8,11-13,25H,5-6,9-10,14H2,1H3. The Labute approximate surface area is 194 Å². The third-order valence-electron chi connectivity index (χ3n) is 5.50. The van der Waals surface area contributed by atoms with E-state index in [0.29, 0.717) is 17.1 Å². The summed E-state index contributed by atoms with van der Waals surface area (Å²) in [5.74, 6) is 0.870. The van der Waals surface area contributed by atoms with Crippen LogP contribution in [0.2, 0.25) is 0 Å². The first kappa shape index (κ1) is 20.9. The maximum atomic E-state index is 12.8. The minimum atomic E-state index is -0.0333. The van der Waals surface area contributed by atoms with Crippen molar-refractivity contribution in [2.75, 3.05) is 18.8 Å². The number of likely N-dealkylation sites (tertiary alicyclic amines) is 1. The van der Waals surface area contributed by atoms with Gasteiger partial charge in [0.15, 0.2) is 5.78 Å². The number of carbonyl (C=O) groups excluding carboxylic acids is 2. The third kappa shape index (κ3) is 4.20. The predicted octanol–water partition coefficient (Wildman–Crippen LogP) is 5.21. The fourth-order valence-corrected chi connectivity index (χ4v) is 5.93. The Hall–Kier alpha value is -2.97. The topological polar surface area (TPSA) is 79.0 Å². The Morgan fingerprint density at radius 3 is 2.69 bits per heavy atom. The molecule has 32 heavy (non-hydrogen) atoms. The van der Waals surface area contributed by atoms with Crippen LogP contribution in [0.4, 0.5) is 0 Å². The minimum Gasteiger partial charge on any atom is -0.356 e. The molecule has 1 N–H and O–H groups in total. The van der Waals surface area contributed by atoms with E-state index in [1.807, 2.05) is 30.0 Å². The number of hydrogen-bond acceptors (Lipinski definition) is 6. The van der Waals surface area contributed by atoms with Crippen molar-refractivity contribution in [2.45, 2.75) is 24.8 Å². The zero-order valence-corrected chi connectivity index (χ0v) is 19.3. The van der Waals surface area contributed by atoms with E-state index in [2.05, 4.69) is 33.2 Å². The molecule has 4 aromatic rings. The molecule has 0 unspecified atom stereocenters. The lowest BCUT2D eigenvalue weighted by molar-refractivity contribution is 0.0787. The second kappa shape index (κ2) is 8.88. The first-order valence-electron chi connectivity index (χ1n) is 10.6. The smallest absolute Gasteiger partial charge is 0.270 e. The van der Waals surface area contributed by atoms with Crippen molar-refractivity contribution in [1.29, 1.82) is 0 Å². The molecule has 162 valence electrons. The molecule has 3 aromatic heterocycles. The van der Waals surface area contributed by atoms with Crippen molar-refractivity contribution in [2.24, 2.45) is 0 Å². The first-order valence-corrected chi connectivity index (χ1v) is 12.4. The van der Waals surface area contributed by atoms with Crippen LogP contribution in [0.25, 0.3) is 20.7 Å². The van der Waals surface area contributed by atoms with E-state index in [1.165, 1.54) is 11.8 Å². The number of aryl methyl sites for hydroxylation is 1. The number of ketones is 1. The Balaban J connectivity index is 1.33. The van der Waals surface area contributed by atoms with Crippen LogP contribution in [-0.2, 0) is 0 Å². The largest absolute Gasteiger partial charge is 0.356 e. The summed E-state index contributed by atoms with van der Waals surface area (Å²) in [5.41, 5.74) is 2.14. The molecule has 0 saturated carbocycles. The summed E-state index contributed by atoms with van der Waals surface area (Å²) in [5, 5.41) is 1.78. The summed E-state index contributed by atoms with van der Waals surface area (Å²) >= 11 is 3.05. The van der Waals surface area contributed by atoms with Gasteiger partial charge in [-0.05, 0) is 37.5 Å². The molecule has 0 aliphatic carbocycles. The molecule has 1 aromatic carbocycles. The number of hydrogen-bond donors (Lipinski definition) is 1. The average Bonchev–Trinajstić information content (AvgIpc) is 3.57. The highest BCUT2D eigenvalue weighted by Crippen LogP contribution is 2.36. The number of carbonyl (C=O) groups is 2. The van der Waals surface area contributed by atoms with Gasteiger partial charge in [-0.15, -0.1) is 11.3 Å². The number of nitrogens with one attached hydrogen (secondary N) is 1. The molecular formula is C24H22N4O2S2. The maximum absolute atomic E-state index is 12.8. The van der Waals surface area contributed by atoms with Gasteiger partial charge in [-0.1, -0.05) is 42.1 Å². The maximum Gasteiger partial charge on any atom is 0.270 e. The summed E-state index contributed by atoms with van der Waals surface area (Å²) in [6, 6.07) is 14.0. The van der Waals surface area contributed by atoms with E-state index >= 15 is 0 Å². The Kier molecular flexibility index (Phi) is 5.80. The third-order valence-corrected chi connectivity index (χ3v) is 7.57. The van der Waals surface area contributed by atoms with Crippen molar-refractivity contribution < 1.29 is 9.59 Å². The summed E-state index contributed by atoms with van der Waals surface area (Å²) < 4.78 is 0. The number of aromatic amines is 1. The highest BCUT2D eigenvalue weighted by Gasteiger charge is 2.22. The molecule has 1 aliphatic rings. The summed E-state index contributed by atoms with van der Waals surface area (Å²) in [6.07, 6.45) is 3.71. The summed E-state index contributed by atoms with van der Waals surface area (Å²) in [7, 11) is 0. The molecule has 1 saturated heterocycles. The number of nitrogens with zero attached hydrogens (tertiary/aromatic N) is 3. The van der Waals surface area contributed by atoms with Crippen molar-refractivity contribution >= 4 is 45.0 Å². The molecule has 0 bridgehead atoms.